The minimum atomic E-state index is -1.06. The van der Waals surface area contributed by atoms with Crippen molar-refractivity contribution < 1.29 is 19.1 Å². The van der Waals surface area contributed by atoms with Crippen LogP contribution in [0.2, 0.25) is 0 Å². The van der Waals surface area contributed by atoms with E-state index in [1.165, 1.54) is 13.0 Å². The van der Waals surface area contributed by atoms with Crippen LogP contribution in [0, 0.1) is 0 Å². The third-order valence-electron chi connectivity index (χ3n) is 3.87. The number of carbonyl (C=O) groups excluding carboxylic acids is 3. The molecule has 1 atom stereocenters. The molecule has 7 heteroatoms. The fourth-order valence-electron chi connectivity index (χ4n) is 2.51. The minimum absolute atomic E-state index is 0.111. The van der Waals surface area contributed by atoms with Gasteiger partial charge in [-0.1, -0.05) is 40.9 Å². The number of halogens is 1. The van der Waals surface area contributed by atoms with Crippen molar-refractivity contribution in [2.75, 3.05) is 0 Å². The monoisotopic (exact) mass is 408 g/mol. The van der Waals surface area contributed by atoms with Gasteiger partial charge in [0.05, 0.1) is 0 Å². The number of rotatable bonds is 5. The summed E-state index contributed by atoms with van der Waals surface area (Å²) in [6, 6.07) is 6.92. The van der Waals surface area contributed by atoms with Gasteiger partial charge in [-0.15, -0.1) is 0 Å². The van der Waals surface area contributed by atoms with Gasteiger partial charge < -0.3 is 10.1 Å². The number of nitrogens with one attached hydrogen (secondary N) is 2. The number of amides is 3. The summed E-state index contributed by atoms with van der Waals surface area (Å²) in [6.07, 6.45) is 5.78. The number of imide groups is 1. The standard InChI is InChI=1S/C18H21BrN2O4/c1-12(17(23)21-18(24)20-15-4-2-3-5-15)25-16(22)11-8-13-6-9-14(19)10-7-13/h6-12,15H,2-5H2,1H3,(H2,20,21,23,24)/b11-8+/t12-/m1/s1. The number of esters is 1. The quantitative estimate of drug-likeness (QED) is 0.578. The molecule has 25 heavy (non-hydrogen) atoms. The zero-order chi connectivity index (χ0) is 18.2. The van der Waals surface area contributed by atoms with Crippen LogP contribution in [0.1, 0.15) is 38.2 Å². The molecule has 0 radical (unpaired) electrons. The molecule has 0 aromatic heterocycles. The summed E-state index contributed by atoms with van der Waals surface area (Å²) in [5.41, 5.74) is 0.827. The van der Waals surface area contributed by atoms with E-state index < -0.39 is 24.0 Å². The zero-order valence-electron chi connectivity index (χ0n) is 14.0. The van der Waals surface area contributed by atoms with Crippen LogP contribution < -0.4 is 10.6 Å². The van der Waals surface area contributed by atoms with Gasteiger partial charge in [0.1, 0.15) is 0 Å². The summed E-state index contributed by atoms with van der Waals surface area (Å²) >= 11 is 3.33. The Morgan fingerprint density at radius 1 is 1.20 bits per heavy atom. The number of hydrogen-bond acceptors (Lipinski definition) is 4. The molecule has 1 saturated carbocycles. The fraction of sp³-hybridized carbons (Fsp3) is 0.389. The summed E-state index contributed by atoms with van der Waals surface area (Å²) in [4.78, 5) is 35.4. The van der Waals surface area contributed by atoms with Gasteiger partial charge in [0.2, 0.25) is 0 Å². The first-order valence-electron chi connectivity index (χ1n) is 8.19. The van der Waals surface area contributed by atoms with Crippen LogP contribution >= 0.6 is 15.9 Å². The van der Waals surface area contributed by atoms with E-state index in [4.69, 9.17) is 4.74 Å². The van der Waals surface area contributed by atoms with Crippen LogP contribution in [-0.4, -0.2) is 30.1 Å². The normalized spacial score (nSPS) is 15.8. The Kier molecular flexibility index (Phi) is 7.18. The van der Waals surface area contributed by atoms with Crippen molar-refractivity contribution in [2.24, 2.45) is 0 Å². The molecule has 1 aliphatic rings. The SMILES string of the molecule is C[C@@H](OC(=O)/C=C/c1ccc(Br)cc1)C(=O)NC(=O)NC1CCCC1. The molecule has 0 spiro atoms. The van der Waals surface area contributed by atoms with E-state index >= 15 is 0 Å². The van der Waals surface area contributed by atoms with Gasteiger partial charge in [0.25, 0.3) is 5.91 Å². The van der Waals surface area contributed by atoms with Gasteiger partial charge in [-0.3, -0.25) is 10.1 Å². The number of benzene rings is 1. The van der Waals surface area contributed by atoms with Gasteiger partial charge in [-0.25, -0.2) is 9.59 Å². The minimum Gasteiger partial charge on any atom is -0.449 e. The van der Waals surface area contributed by atoms with E-state index in [0.29, 0.717) is 0 Å². The van der Waals surface area contributed by atoms with Crippen LogP contribution in [0.25, 0.3) is 6.08 Å². The van der Waals surface area contributed by atoms with Gasteiger partial charge in [-0.2, -0.15) is 0 Å². The molecule has 3 amide bonds. The second-order valence-corrected chi connectivity index (χ2v) is 6.82. The second kappa shape index (κ2) is 9.36. The van der Waals surface area contributed by atoms with E-state index in [-0.39, 0.29) is 6.04 Å². The van der Waals surface area contributed by atoms with Gasteiger partial charge in [0.15, 0.2) is 6.10 Å². The molecule has 0 aliphatic heterocycles. The Morgan fingerprint density at radius 2 is 1.84 bits per heavy atom. The largest absolute Gasteiger partial charge is 0.449 e. The van der Waals surface area contributed by atoms with Crippen LogP contribution in [0.3, 0.4) is 0 Å². The van der Waals surface area contributed by atoms with E-state index in [1.54, 1.807) is 6.08 Å². The first-order chi connectivity index (χ1) is 11.9. The van der Waals surface area contributed by atoms with E-state index in [9.17, 15) is 14.4 Å². The van der Waals surface area contributed by atoms with Crippen molar-refractivity contribution in [3.63, 3.8) is 0 Å². The van der Waals surface area contributed by atoms with E-state index in [1.807, 2.05) is 24.3 Å². The first-order valence-corrected chi connectivity index (χ1v) is 8.99. The van der Waals surface area contributed by atoms with E-state index in [0.717, 1.165) is 35.7 Å². The van der Waals surface area contributed by atoms with Crippen molar-refractivity contribution in [3.05, 3.63) is 40.4 Å². The molecule has 1 aromatic carbocycles. The molecular weight excluding hydrogens is 388 g/mol. The topological polar surface area (TPSA) is 84.5 Å². The molecule has 0 saturated heterocycles. The molecule has 1 aromatic rings. The number of hydrogen-bond donors (Lipinski definition) is 2. The Morgan fingerprint density at radius 3 is 2.48 bits per heavy atom. The highest BCUT2D eigenvalue weighted by atomic mass is 79.9. The Balaban J connectivity index is 1.76. The van der Waals surface area contributed by atoms with Gasteiger partial charge in [0, 0.05) is 16.6 Å². The van der Waals surface area contributed by atoms with Gasteiger partial charge >= 0.3 is 12.0 Å². The van der Waals surface area contributed by atoms with Gasteiger partial charge in [-0.05, 0) is 43.5 Å². The predicted molar refractivity (Wildman–Crippen MR) is 97.7 cm³/mol. The van der Waals surface area contributed by atoms with Crippen LogP contribution in [0.5, 0.6) is 0 Å². The number of carbonyl (C=O) groups is 3. The summed E-state index contributed by atoms with van der Waals surface area (Å²) in [7, 11) is 0. The maximum absolute atomic E-state index is 11.9. The molecule has 0 heterocycles. The van der Waals surface area contributed by atoms with Crippen molar-refractivity contribution in [3.8, 4) is 0 Å². The molecule has 1 fully saturated rings. The second-order valence-electron chi connectivity index (χ2n) is 5.91. The lowest BCUT2D eigenvalue weighted by Gasteiger charge is -2.15. The zero-order valence-corrected chi connectivity index (χ0v) is 15.5. The molecule has 134 valence electrons. The van der Waals surface area contributed by atoms with Crippen molar-refractivity contribution >= 4 is 39.9 Å². The summed E-state index contributed by atoms with van der Waals surface area (Å²) in [6.45, 7) is 1.42. The molecule has 0 bridgehead atoms. The maximum Gasteiger partial charge on any atom is 0.331 e. The lowest BCUT2D eigenvalue weighted by Crippen LogP contribution is -2.47. The first kappa shape index (κ1) is 19.2. The fourth-order valence-corrected chi connectivity index (χ4v) is 2.77. The Labute approximate surface area is 155 Å². The molecule has 2 rings (SSSR count). The molecular formula is C18H21BrN2O4. The van der Waals surface area contributed by atoms with E-state index in [2.05, 4.69) is 26.6 Å². The summed E-state index contributed by atoms with van der Waals surface area (Å²) < 4.78 is 5.94. The molecule has 2 N–H and O–H groups in total. The average molecular weight is 409 g/mol. The summed E-state index contributed by atoms with van der Waals surface area (Å²) in [5.74, 6) is -1.30. The highest BCUT2D eigenvalue weighted by molar-refractivity contribution is 9.10. The molecule has 6 nitrogen and oxygen atoms in total. The number of urea groups is 1. The third-order valence-corrected chi connectivity index (χ3v) is 4.40. The van der Waals surface area contributed by atoms with Crippen molar-refractivity contribution in [1.82, 2.24) is 10.6 Å². The van der Waals surface area contributed by atoms with Crippen LogP contribution in [-0.2, 0) is 14.3 Å². The number of ether oxygens (including phenoxy) is 1. The lowest BCUT2D eigenvalue weighted by atomic mass is 10.2. The summed E-state index contributed by atoms with van der Waals surface area (Å²) in [5, 5.41) is 4.94. The van der Waals surface area contributed by atoms with Crippen molar-refractivity contribution in [1.29, 1.82) is 0 Å². The highest BCUT2D eigenvalue weighted by Gasteiger charge is 2.22. The molecule has 1 aliphatic carbocycles. The maximum atomic E-state index is 11.9. The predicted octanol–water partition coefficient (Wildman–Crippen LogP) is 3.16. The van der Waals surface area contributed by atoms with Crippen LogP contribution in [0.4, 0.5) is 4.79 Å². The third kappa shape index (κ3) is 6.70. The Hall–Kier alpha value is -2.15. The lowest BCUT2D eigenvalue weighted by molar-refractivity contribution is -0.149. The Bertz CT molecular complexity index is 652. The smallest absolute Gasteiger partial charge is 0.331 e. The van der Waals surface area contributed by atoms with Crippen LogP contribution in [0.15, 0.2) is 34.8 Å². The average Bonchev–Trinajstić information content (AvgIpc) is 3.07. The van der Waals surface area contributed by atoms with Crippen molar-refractivity contribution in [2.45, 2.75) is 44.8 Å². The molecule has 0 unspecified atom stereocenters. The highest BCUT2D eigenvalue weighted by Crippen LogP contribution is 2.17.